The number of carbonyl (C=O) groups excluding carboxylic acids is 2. The predicted molar refractivity (Wildman–Crippen MR) is 150 cm³/mol. The number of anilines is 3. The Hall–Kier alpha value is -4.07. The zero-order valence-electron chi connectivity index (χ0n) is 23.7. The normalized spacial score (nSPS) is 18.2. The summed E-state index contributed by atoms with van der Waals surface area (Å²) in [5.74, 6) is -0.327. The SMILES string of the molecule is CC(C)(C)OC(=O)N1CCC[C@@H](Nc2ccn3ncc(C(=O)Nc4ccc(N5CCOCC5)cc4C(F)(F)F)c3n2)C1. The lowest BCUT2D eigenvalue weighted by Gasteiger charge is -2.34. The molecule has 0 unspecified atom stereocenters. The maximum atomic E-state index is 14.0. The number of likely N-dealkylation sites (tertiary alicyclic amines) is 1. The van der Waals surface area contributed by atoms with E-state index >= 15 is 0 Å². The van der Waals surface area contributed by atoms with Crippen molar-refractivity contribution in [2.24, 2.45) is 0 Å². The summed E-state index contributed by atoms with van der Waals surface area (Å²) in [6.07, 6.45) is -0.641. The summed E-state index contributed by atoms with van der Waals surface area (Å²) in [7, 11) is 0. The fourth-order valence-electron chi connectivity index (χ4n) is 4.99. The largest absolute Gasteiger partial charge is 0.444 e. The van der Waals surface area contributed by atoms with Gasteiger partial charge in [-0.25, -0.2) is 14.3 Å². The van der Waals surface area contributed by atoms with Gasteiger partial charge in [-0.15, -0.1) is 0 Å². The molecule has 2 saturated heterocycles. The van der Waals surface area contributed by atoms with Gasteiger partial charge >= 0.3 is 12.3 Å². The summed E-state index contributed by atoms with van der Waals surface area (Å²) in [6, 6.07) is 5.43. The molecular formula is C28H34F3N7O4. The van der Waals surface area contributed by atoms with Gasteiger partial charge in [0.15, 0.2) is 5.65 Å². The molecule has 14 heteroatoms. The highest BCUT2D eigenvalue weighted by Crippen LogP contribution is 2.38. The second-order valence-corrected chi connectivity index (χ2v) is 11.3. The van der Waals surface area contributed by atoms with Gasteiger partial charge in [0.25, 0.3) is 5.91 Å². The first kappa shape index (κ1) is 29.4. The van der Waals surface area contributed by atoms with Crippen LogP contribution in [0.25, 0.3) is 5.65 Å². The third-order valence-corrected chi connectivity index (χ3v) is 6.97. The van der Waals surface area contributed by atoms with Crippen molar-refractivity contribution < 1.29 is 32.2 Å². The molecule has 0 saturated carbocycles. The van der Waals surface area contributed by atoms with Gasteiger partial charge in [0.1, 0.15) is 17.0 Å². The first-order valence-corrected chi connectivity index (χ1v) is 13.8. The summed E-state index contributed by atoms with van der Waals surface area (Å²) in [6.45, 7) is 8.26. The fraction of sp³-hybridized carbons (Fsp3) is 0.500. The minimum absolute atomic E-state index is 0.0167. The van der Waals surface area contributed by atoms with Crippen LogP contribution in [0.3, 0.4) is 0 Å². The van der Waals surface area contributed by atoms with E-state index in [1.165, 1.54) is 16.8 Å². The van der Waals surface area contributed by atoms with E-state index in [-0.39, 0.29) is 29.0 Å². The van der Waals surface area contributed by atoms with Crippen molar-refractivity contribution in [2.45, 2.75) is 51.4 Å². The molecule has 1 aromatic carbocycles. The number of carbonyl (C=O) groups is 2. The van der Waals surface area contributed by atoms with E-state index in [0.717, 1.165) is 18.9 Å². The van der Waals surface area contributed by atoms with Crippen LogP contribution in [-0.4, -0.2) is 82.5 Å². The molecule has 2 aliphatic heterocycles. The van der Waals surface area contributed by atoms with Crippen LogP contribution in [0.5, 0.6) is 0 Å². The number of morpholine rings is 1. The molecule has 4 heterocycles. The summed E-state index contributed by atoms with van der Waals surface area (Å²) in [5.41, 5.74) is -1.31. The fourth-order valence-corrected chi connectivity index (χ4v) is 4.99. The van der Waals surface area contributed by atoms with E-state index in [9.17, 15) is 22.8 Å². The molecule has 1 atom stereocenters. The molecule has 2 N–H and O–H groups in total. The van der Waals surface area contributed by atoms with Crippen LogP contribution in [0, 0.1) is 0 Å². The Labute approximate surface area is 241 Å². The number of nitrogens with one attached hydrogen (secondary N) is 2. The summed E-state index contributed by atoms with van der Waals surface area (Å²) < 4.78 is 54.2. The third-order valence-electron chi connectivity index (χ3n) is 6.97. The number of alkyl halides is 3. The minimum Gasteiger partial charge on any atom is -0.444 e. The van der Waals surface area contributed by atoms with Gasteiger partial charge in [0.2, 0.25) is 0 Å². The Kier molecular flexibility index (Phi) is 8.17. The summed E-state index contributed by atoms with van der Waals surface area (Å²) >= 11 is 0. The van der Waals surface area contributed by atoms with Crippen molar-refractivity contribution in [3.63, 3.8) is 0 Å². The standard InChI is InChI=1S/C28H34F3N7O4/c1-27(2,3)42-26(40)37-9-4-5-18(17-37)33-23-8-10-38-24(35-23)20(16-32-38)25(39)34-22-7-6-19(15-21(22)28(29,30)31)36-11-13-41-14-12-36/h6-8,10,15-16,18H,4-5,9,11-14,17H2,1-3H3,(H,33,35)(H,34,39)/t18-/m1/s1. The van der Waals surface area contributed by atoms with Crippen LogP contribution in [0.4, 0.5) is 35.2 Å². The molecule has 2 aromatic heterocycles. The highest BCUT2D eigenvalue weighted by atomic mass is 19.4. The number of hydrogen-bond donors (Lipinski definition) is 2. The molecule has 2 aliphatic rings. The number of piperidine rings is 1. The van der Waals surface area contributed by atoms with Gasteiger partial charge in [0.05, 0.1) is 30.7 Å². The Morgan fingerprint density at radius 1 is 1.10 bits per heavy atom. The number of aromatic nitrogens is 3. The minimum atomic E-state index is -4.69. The van der Waals surface area contributed by atoms with E-state index < -0.39 is 23.2 Å². The number of hydrogen-bond acceptors (Lipinski definition) is 8. The number of halogens is 3. The molecule has 0 spiro atoms. The average Bonchev–Trinajstić information content (AvgIpc) is 3.36. The second-order valence-electron chi connectivity index (χ2n) is 11.3. The molecule has 3 aromatic rings. The van der Waals surface area contributed by atoms with Crippen molar-refractivity contribution in [2.75, 3.05) is 54.9 Å². The van der Waals surface area contributed by atoms with Gasteiger partial charge in [-0.05, 0) is 57.9 Å². The van der Waals surface area contributed by atoms with Crippen molar-refractivity contribution >= 4 is 34.8 Å². The smallest absolute Gasteiger partial charge is 0.418 e. The van der Waals surface area contributed by atoms with E-state index in [4.69, 9.17) is 9.47 Å². The molecule has 5 rings (SSSR count). The van der Waals surface area contributed by atoms with Crippen molar-refractivity contribution in [1.82, 2.24) is 19.5 Å². The number of nitrogens with zero attached hydrogens (tertiary/aromatic N) is 5. The highest BCUT2D eigenvalue weighted by Gasteiger charge is 2.35. The topological polar surface area (TPSA) is 113 Å². The van der Waals surface area contributed by atoms with Gasteiger partial charge in [-0.1, -0.05) is 0 Å². The molecule has 2 amide bonds. The quantitative estimate of drug-likeness (QED) is 0.443. The third kappa shape index (κ3) is 6.86. The lowest BCUT2D eigenvalue weighted by molar-refractivity contribution is -0.136. The van der Waals surface area contributed by atoms with Gasteiger partial charge in [0, 0.05) is 44.1 Å². The molecule has 0 radical (unpaired) electrons. The number of rotatable bonds is 5. The monoisotopic (exact) mass is 589 g/mol. The summed E-state index contributed by atoms with van der Waals surface area (Å²) in [4.78, 5) is 33.7. The highest BCUT2D eigenvalue weighted by molar-refractivity contribution is 6.08. The van der Waals surface area contributed by atoms with Crippen molar-refractivity contribution in [3.8, 4) is 0 Å². The predicted octanol–water partition coefficient (Wildman–Crippen LogP) is 4.65. The lowest BCUT2D eigenvalue weighted by atomic mass is 10.1. The molecule has 42 heavy (non-hydrogen) atoms. The zero-order valence-corrected chi connectivity index (χ0v) is 23.7. The molecule has 11 nitrogen and oxygen atoms in total. The summed E-state index contributed by atoms with van der Waals surface area (Å²) in [5, 5.41) is 9.84. The number of benzene rings is 1. The zero-order chi connectivity index (χ0) is 30.1. The Morgan fingerprint density at radius 2 is 1.86 bits per heavy atom. The first-order chi connectivity index (χ1) is 19.9. The second kappa shape index (κ2) is 11.7. The molecule has 226 valence electrons. The number of ether oxygens (including phenoxy) is 2. The van der Waals surface area contributed by atoms with Gasteiger partial charge in [-0.2, -0.15) is 18.3 Å². The van der Waals surface area contributed by atoms with Crippen LogP contribution in [0.15, 0.2) is 36.7 Å². The molecule has 2 fully saturated rings. The van der Waals surface area contributed by atoms with E-state index in [0.29, 0.717) is 50.9 Å². The van der Waals surface area contributed by atoms with Crippen LogP contribution < -0.4 is 15.5 Å². The van der Waals surface area contributed by atoms with Crippen molar-refractivity contribution in [3.05, 3.63) is 47.8 Å². The lowest BCUT2D eigenvalue weighted by Crippen LogP contribution is -2.47. The van der Waals surface area contributed by atoms with Crippen LogP contribution >= 0.6 is 0 Å². The number of fused-ring (bicyclic) bond motifs is 1. The molecule has 0 bridgehead atoms. The van der Waals surface area contributed by atoms with Crippen molar-refractivity contribution in [1.29, 1.82) is 0 Å². The van der Waals surface area contributed by atoms with E-state index in [1.54, 1.807) is 23.2 Å². The molecular weight excluding hydrogens is 555 g/mol. The maximum Gasteiger partial charge on any atom is 0.418 e. The van der Waals surface area contributed by atoms with Gasteiger partial charge < -0.3 is 29.9 Å². The Balaban J connectivity index is 1.32. The number of amides is 2. The Morgan fingerprint density at radius 3 is 2.57 bits per heavy atom. The Bertz CT molecular complexity index is 1450. The van der Waals surface area contributed by atoms with E-state index in [2.05, 4.69) is 20.7 Å². The average molecular weight is 590 g/mol. The van der Waals surface area contributed by atoms with Gasteiger partial charge in [-0.3, -0.25) is 4.79 Å². The molecule has 0 aliphatic carbocycles. The van der Waals surface area contributed by atoms with Crippen LogP contribution in [-0.2, 0) is 15.7 Å². The maximum absolute atomic E-state index is 14.0. The first-order valence-electron chi connectivity index (χ1n) is 13.8. The van der Waals surface area contributed by atoms with Crippen LogP contribution in [0.1, 0.15) is 49.5 Å². The van der Waals surface area contributed by atoms with Crippen LogP contribution in [0.2, 0.25) is 0 Å². The van der Waals surface area contributed by atoms with E-state index in [1.807, 2.05) is 25.7 Å².